The van der Waals surface area contributed by atoms with Crippen LogP contribution in [-0.4, -0.2) is 36.4 Å². The first kappa shape index (κ1) is 17.4. The number of carboxylic acid groups (broad SMARTS) is 1. The summed E-state index contributed by atoms with van der Waals surface area (Å²) in [6, 6.07) is 0. The molecule has 118 valence electrons. The molecule has 4 nitrogen and oxygen atoms in total. The fraction of sp³-hybridized carbons (Fsp3) is 0.938. The van der Waals surface area contributed by atoms with E-state index in [0.29, 0.717) is 13.0 Å². The third-order valence-electron chi connectivity index (χ3n) is 4.28. The maximum absolute atomic E-state index is 11.3. The van der Waals surface area contributed by atoms with Crippen LogP contribution in [0.5, 0.6) is 0 Å². The number of rotatable bonds is 10. The lowest BCUT2D eigenvalue weighted by Crippen LogP contribution is -2.49. The Hall–Kier alpha value is -0.610. The summed E-state index contributed by atoms with van der Waals surface area (Å²) < 4.78 is 5.73. The van der Waals surface area contributed by atoms with Crippen LogP contribution in [0, 0.1) is 5.92 Å². The number of nitrogens with one attached hydrogen (secondary N) is 1. The molecule has 1 rings (SSSR count). The van der Waals surface area contributed by atoms with Gasteiger partial charge in [0.05, 0.1) is 0 Å². The second kappa shape index (κ2) is 9.35. The molecule has 20 heavy (non-hydrogen) atoms. The van der Waals surface area contributed by atoms with Crippen molar-refractivity contribution in [2.75, 3.05) is 19.8 Å². The van der Waals surface area contributed by atoms with Gasteiger partial charge < -0.3 is 15.2 Å². The molecular formula is C16H31NO3. The molecule has 0 aliphatic heterocycles. The monoisotopic (exact) mass is 285 g/mol. The molecule has 0 aromatic carbocycles. The van der Waals surface area contributed by atoms with Gasteiger partial charge in [0.15, 0.2) is 0 Å². The van der Waals surface area contributed by atoms with Crippen molar-refractivity contribution in [2.45, 2.75) is 70.8 Å². The summed E-state index contributed by atoms with van der Waals surface area (Å²) in [5.74, 6) is -0.0361. The van der Waals surface area contributed by atoms with Crippen molar-refractivity contribution in [3.05, 3.63) is 0 Å². The first-order valence-electron chi connectivity index (χ1n) is 8.14. The lowest BCUT2D eigenvalue weighted by atomic mass is 9.90. The maximum Gasteiger partial charge on any atom is 0.323 e. The van der Waals surface area contributed by atoms with Crippen molar-refractivity contribution in [3.8, 4) is 0 Å². The quantitative estimate of drug-likeness (QED) is 0.605. The highest BCUT2D eigenvalue weighted by Gasteiger charge is 2.31. The topological polar surface area (TPSA) is 58.6 Å². The van der Waals surface area contributed by atoms with Gasteiger partial charge in [0.25, 0.3) is 0 Å². The van der Waals surface area contributed by atoms with Gasteiger partial charge in [-0.1, -0.05) is 26.2 Å². The lowest BCUT2D eigenvalue weighted by Gasteiger charge is -2.26. The molecule has 1 unspecified atom stereocenters. The van der Waals surface area contributed by atoms with Gasteiger partial charge in [0, 0.05) is 13.2 Å². The SMILES string of the molecule is CCCNC(C)(CCCOCC1CCCCC1)C(=O)O. The predicted octanol–water partition coefficient (Wildman–Crippen LogP) is 3.21. The Morgan fingerprint density at radius 2 is 2.05 bits per heavy atom. The zero-order valence-corrected chi connectivity index (χ0v) is 13.1. The summed E-state index contributed by atoms with van der Waals surface area (Å²) in [4.78, 5) is 11.3. The molecule has 0 bridgehead atoms. The number of hydrogen-bond donors (Lipinski definition) is 2. The first-order chi connectivity index (χ1) is 9.58. The summed E-state index contributed by atoms with van der Waals surface area (Å²) >= 11 is 0. The van der Waals surface area contributed by atoms with E-state index in [1.807, 2.05) is 6.92 Å². The molecule has 1 atom stereocenters. The molecule has 0 saturated heterocycles. The normalized spacial score (nSPS) is 19.7. The minimum atomic E-state index is -0.815. The summed E-state index contributed by atoms with van der Waals surface area (Å²) in [6.45, 7) is 6.08. The minimum absolute atomic E-state index is 0.618. The zero-order chi connectivity index (χ0) is 14.8. The van der Waals surface area contributed by atoms with Crippen molar-refractivity contribution in [3.63, 3.8) is 0 Å². The lowest BCUT2D eigenvalue weighted by molar-refractivity contribution is -0.144. The van der Waals surface area contributed by atoms with Crippen LogP contribution in [0.2, 0.25) is 0 Å². The summed E-state index contributed by atoms with van der Waals surface area (Å²) in [5.41, 5.74) is -0.815. The fourth-order valence-corrected chi connectivity index (χ4v) is 2.80. The largest absolute Gasteiger partial charge is 0.480 e. The Labute approximate surface area is 123 Å². The van der Waals surface area contributed by atoms with Crippen molar-refractivity contribution in [1.29, 1.82) is 0 Å². The van der Waals surface area contributed by atoms with Crippen molar-refractivity contribution >= 4 is 5.97 Å². The molecule has 0 heterocycles. The van der Waals surface area contributed by atoms with Crippen molar-refractivity contribution in [2.24, 2.45) is 5.92 Å². The molecule has 0 radical (unpaired) electrons. The molecule has 1 aliphatic carbocycles. The average Bonchev–Trinajstić information content (AvgIpc) is 2.45. The molecule has 1 fully saturated rings. The van der Waals surface area contributed by atoms with Crippen LogP contribution in [0.25, 0.3) is 0 Å². The summed E-state index contributed by atoms with van der Waals surface area (Å²) in [7, 11) is 0. The van der Waals surface area contributed by atoms with E-state index in [-0.39, 0.29) is 0 Å². The van der Waals surface area contributed by atoms with Crippen LogP contribution in [-0.2, 0) is 9.53 Å². The number of ether oxygens (including phenoxy) is 1. The molecule has 2 N–H and O–H groups in total. The smallest absolute Gasteiger partial charge is 0.323 e. The second-order valence-corrected chi connectivity index (χ2v) is 6.25. The van der Waals surface area contributed by atoms with E-state index in [4.69, 9.17) is 4.74 Å². The standard InChI is InChI=1S/C16H31NO3/c1-3-11-17-16(2,15(18)19)10-7-12-20-13-14-8-5-4-6-9-14/h14,17H,3-13H2,1-2H3,(H,18,19). The summed E-state index contributed by atoms with van der Waals surface area (Å²) in [5, 5.41) is 12.4. The summed E-state index contributed by atoms with van der Waals surface area (Å²) in [6.07, 6.45) is 9.00. The van der Waals surface area contributed by atoms with E-state index in [0.717, 1.165) is 31.9 Å². The highest BCUT2D eigenvalue weighted by atomic mass is 16.5. The molecule has 1 aliphatic rings. The Morgan fingerprint density at radius 3 is 2.65 bits per heavy atom. The fourth-order valence-electron chi connectivity index (χ4n) is 2.80. The van der Waals surface area contributed by atoms with E-state index >= 15 is 0 Å². The third kappa shape index (κ3) is 6.23. The Morgan fingerprint density at radius 1 is 1.35 bits per heavy atom. The van der Waals surface area contributed by atoms with E-state index in [1.54, 1.807) is 6.92 Å². The maximum atomic E-state index is 11.3. The van der Waals surface area contributed by atoms with Gasteiger partial charge in [-0.15, -0.1) is 0 Å². The Balaban J connectivity index is 2.15. The van der Waals surface area contributed by atoms with E-state index in [1.165, 1.54) is 32.1 Å². The van der Waals surface area contributed by atoms with Gasteiger partial charge >= 0.3 is 5.97 Å². The van der Waals surface area contributed by atoms with Crippen molar-refractivity contribution in [1.82, 2.24) is 5.32 Å². The van der Waals surface area contributed by atoms with Gasteiger partial charge in [0.2, 0.25) is 0 Å². The van der Waals surface area contributed by atoms with E-state index in [2.05, 4.69) is 5.32 Å². The highest BCUT2D eigenvalue weighted by molar-refractivity contribution is 5.78. The van der Waals surface area contributed by atoms with Crippen LogP contribution >= 0.6 is 0 Å². The Bertz CT molecular complexity index is 277. The molecule has 0 aromatic heterocycles. The van der Waals surface area contributed by atoms with Crippen LogP contribution in [0.3, 0.4) is 0 Å². The van der Waals surface area contributed by atoms with Gasteiger partial charge in [0.1, 0.15) is 5.54 Å². The number of carboxylic acids is 1. The zero-order valence-electron chi connectivity index (χ0n) is 13.1. The third-order valence-corrected chi connectivity index (χ3v) is 4.28. The Kier molecular flexibility index (Phi) is 8.15. The number of aliphatic carboxylic acids is 1. The average molecular weight is 285 g/mol. The second-order valence-electron chi connectivity index (χ2n) is 6.25. The van der Waals surface area contributed by atoms with Crippen LogP contribution < -0.4 is 5.32 Å². The first-order valence-corrected chi connectivity index (χ1v) is 8.14. The van der Waals surface area contributed by atoms with E-state index < -0.39 is 11.5 Å². The predicted molar refractivity (Wildman–Crippen MR) is 81.0 cm³/mol. The molecule has 0 spiro atoms. The molecule has 1 saturated carbocycles. The van der Waals surface area contributed by atoms with Gasteiger partial charge in [-0.05, 0) is 51.5 Å². The molecule has 0 aromatic rings. The van der Waals surface area contributed by atoms with Gasteiger partial charge in [-0.25, -0.2) is 0 Å². The van der Waals surface area contributed by atoms with E-state index in [9.17, 15) is 9.90 Å². The van der Waals surface area contributed by atoms with Gasteiger partial charge in [-0.2, -0.15) is 0 Å². The molecular weight excluding hydrogens is 254 g/mol. The molecule has 0 amide bonds. The minimum Gasteiger partial charge on any atom is -0.480 e. The van der Waals surface area contributed by atoms with Gasteiger partial charge in [-0.3, -0.25) is 4.79 Å². The molecule has 4 heteroatoms. The van der Waals surface area contributed by atoms with Crippen molar-refractivity contribution < 1.29 is 14.6 Å². The van der Waals surface area contributed by atoms with Crippen LogP contribution in [0.15, 0.2) is 0 Å². The van der Waals surface area contributed by atoms with Crippen LogP contribution in [0.1, 0.15) is 65.2 Å². The van der Waals surface area contributed by atoms with Crippen LogP contribution in [0.4, 0.5) is 0 Å². The number of carbonyl (C=O) groups is 1. The number of hydrogen-bond acceptors (Lipinski definition) is 3. The highest BCUT2D eigenvalue weighted by Crippen LogP contribution is 2.23.